The van der Waals surface area contributed by atoms with E-state index < -0.39 is 0 Å². The molecule has 0 aromatic heterocycles. The van der Waals surface area contributed by atoms with Gasteiger partial charge in [-0.2, -0.15) is 0 Å². The molecule has 10 heavy (non-hydrogen) atoms. The quantitative estimate of drug-likeness (QED) is 0.295. The van der Waals surface area contributed by atoms with Gasteiger partial charge in [-0.1, -0.05) is 18.5 Å². The van der Waals surface area contributed by atoms with E-state index in [0.717, 1.165) is 19.8 Å². The fourth-order valence-corrected chi connectivity index (χ4v) is 1.40. The van der Waals surface area contributed by atoms with Crippen LogP contribution in [0.4, 0.5) is 0 Å². The van der Waals surface area contributed by atoms with Crippen molar-refractivity contribution in [2.24, 2.45) is 0 Å². The molecule has 0 aromatic carbocycles. The lowest BCUT2D eigenvalue weighted by Gasteiger charge is -2.08. The molecule has 0 aromatic rings. The first kappa shape index (κ1) is 10.9. The second-order valence-corrected chi connectivity index (χ2v) is 3.17. The van der Waals surface area contributed by atoms with Crippen molar-refractivity contribution in [1.29, 1.82) is 0 Å². The van der Waals surface area contributed by atoms with Crippen molar-refractivity contribution < 1.29 is 28.9 Å². The molecular weight excluding hydrogens is 262 g/mol. The lowest BCUT2D eigenvalue weighted by atomic mass is 10.6. The highest BCUT2D eigenvalue weighted by Crippen LogP contribution is 1.96. The molecule has 0 amide bonds. The second-order valence-electron chi connectivity index (χ2n) is 2.64. The van der Waals surface area contributed by atoms with E-state index in [1.54, 1.807) is 0 Å². The Balaban J connectivity index is 0.000000810. The molecule has 2 atom stereocenters. The highest BCUT2D eigenvalue weighted by atomic mass is 127. The smallest absolute Gasteiger partial charge is 0.177 e. The summed E-state index contributed by atoms with van der Waals surface area (Å²) in [5, 5.41) is 0. The van der Waals surface area contributed by atoms with E-state index in [-0.39, 0.29) is 24.0 Å². The van der Waals surface area contributed by atoms with E-state index in [2.05, 4.69) is 18.9 Å². The number of hydrogen-bond acceptors (Lipinski definition) is 1. The van der Waals surface area contributed by atoms with E-state index in [1.807, 2.05) is 0 Å². The predicted octanol–water partition coefficient (Wildman–Crippen LogP) is -3.64. The maximum atomic E-state index is 5.96. The van der Waals surface area contributed by atoms with Crippen LogP contribution in [0.5, 0.6) is 0 Å². The Morgan fingerprint density at radius 1 is 1.70 bits per heavy atom. The van der Waals surface area contributed by atoms with E-state index in [0.29, 0.717) is 5.50 Å². The summed E-state index contributed by atoms with van der Waals surface area (Å²) in [5.74, 6) is 0. The van der Waals surface area contributed by atoms with Gasteiger partial charge in [-0.05, 0) is 0 Å². The zero-order chi connectivity index (χ0) is 6.85. The minimum absolute atomic E-state index is 0. The fraction of sp³-hybridized carbons (Fsp3) is 1.00. The first-order valence-corrected chi connectivity index (χ1v) is 3.86. The highest BCUT2D eigenvalue weighted by Gasteiger charge is 2.27. The Kier molecular flexibility index (Phi) is 5.19. The minimum atomic E-state index is 0. The molecule has 62 valence electrons. The number of quaternary nitrogens is 1. The standard InChI is InChI=1S/C6H13ClN2.HI/c1-3-9-4-6(7)8(2)5-9;/h6H,3-5H2,1-2H3;1H. The van der Waals surface area contributed by atoms with Crippen LogP contribution in [0.1, 0.15) is 6.92 Å². The first-order valence-electron chi connectivity index (χ1n) is 3.42. The molecule has 1 aliphatic rings. The van der Waals surface area contributed by atoms with Crippen LogP contribution in [0, 0.1) is 0 Å². The monoisotopic (exact) mass is 276 g/mol. The van der Waals surface area contributed by atoms with Crippen LogP contribution < -0.4 is 28.9 Å². The highest BCUT2D eigenvalue weighted by molar-refractivity contribution is 6.19. The SMILES string of the molecule is CCN1CC(Cl)[NH+](C)C1.[I-]. The molecule has 2 unspecified atom stereocenters. The van der Waals surface area contributed by atoms with Gasteiger partial charge in [0.15, 0.2) is 5.50 Å². The van der Waals surface area contributed by atoms with Crippen LogP contribution in [0.2, 0.25) is 0 Å². The summed E-state index contributed by atoms with van der Waals surface area (Å²) in [4.78, 5) is 3.77. The Labute approximate surface area is 84.5 Å². The zero-order valence-corrected chi connectivity index (χ0v) is 9.32. The van der Waals surface area contributed by atoms with Gasteiger partial charge in [0.25, 0.3) is 0 Å². The summed E-state index contributed by atoms with van der Waals surface area (Å²) >= 11 is 5.96. The molecule has 1 N–H and O–H groups in total. The van der Waals surface area contributed by atoms with Crippen molar-refractivity contribution in [1.82, 2.24) is 4.90 Å². The summed E-state index contributed by atoms with van der Waals surface area (Å²) in [5.41, 5.74) is 0.310. The van der Waals surface area contributed by atoms with Crippen molar-refractivity contribution >= 4 is 11.6 Å². The van der Waals surface area contributed by atoms with Gasteiger partial charge in [-0.15, -0.1) is 0 Å². The van der Waals surface area contributed by atoms with Gasteiger partial charge >= 0.3 is 0 Å². The van der Waals surface area contributed by atoms with Crippen molar-refractivity contribution in [3.8, 4) is 0 Å². The molecule has 1 saturated heterocycles. The number of alkyl halides is 1. The van der Waals surface area contributed by atoms with E-state index in [4.69, 9.17) is 11.6 Å². The molecule has 0 bridgehead atoms. The summed E-state index contributed by atoms with van der Waals surface area (Å²) in [6.07, 6.45) is 0. The van der Waals surface area contributed by atoms with Gasteiger partial charge < -0.3 is 28.9 Å². The summed E-state index contributed by atoms with van der Waals surface area (Å²) in [7, 11) is 2.13. The van der Waals surface area contributed by atoms with Crippen LogP contribution in [0.15, 0.2) is 0 Å². The molecule has 1 aliphatic heterocycles. The second kappa shape index (κ2) is 4.74. The Morgan fingerprint density at radius 3 is 2.50 bits per heavy atom. The Morgan fingerprint density at radius 2 is 2.30 bits per heavy atom. The van der Waals surface area contributed by atoms with Gasteiger partial charge in [-0.3, -0.25) is 0 Å². The zero-order valence-electron chi connectivity index (χ0n) is 6.40. The van der Waals surface area contributed by atoms with E-state index >= 15 is 0 Å². The van der Waals surface area contributed by atoms with Crippen LogP contribution in [0.3, 0.4) is 0 Å². The third-order valence-electron chi connectivity index (χ3n) is 1.87. The fourth-order valence-electron chi connectivity index (χ4n) is 1.14. The molecule has 4 heteroatoms. The molecular formula is C6H14ClIN2. The number of likely N-dealkylation sites (N-methyl/N-ethyl adjacent to an activating group) is 2. The third kappa shape index (κ3) is 2.53. The largest absolute Gasteiger partial charge is 1.00 e. The first-order chi connectivity index (χ1) is 4.24. The number of rotatable bonds is 1. The van der Waals surface area contributed by atoms with Crippen LogP contribution in [-0.4, -0.2) is 37.2 Å². The van der Waals surface area contributed by atoms with Crippen molar-refractivity contribution in [3.63, 3.8) is 0 Å². The molecule has 2 nitrogen and oxygen atoms in total. The average molecular weight is 277 g/mol. The summed E-state index contributed by atoms with van der Waals surface area (Å²) in [6.45, 7) is 5.44. The summed E-state index contributed by atoms with van der Waals surface area (Å²) < 4.78 is 0. The van der Waals surface area contributed by atoms with Gasteiger partial charge in [0, 0.05) is 6.54 Å². The number of nitrogens with one attached hydrogen (secondary N) is 1. The van der Waals surface area contributed by atoms with Gasteiger partial charge in [-0.25, -0.2) is 4.90 Å². The number of hydrogen-bond donors (Lipinski definition) is 1. The maximum Gasteiger partial charge on any atom is 0.177 e. The van der Waals surface area contributed by atoms with Gasteiger partial charge in [0.1, 0.15) is 6.67 Å². The van der Waals surface area contributed by atoms with Crippen LogP contribution >= 0.6 is 11.6 Å². The number of halogens is 2. The van der Waals surface area contributed by atoms with Crippen LogP contribution in [0.25, 0.3) is 0 Å². The normalized spacial score (nSPS) is 33.9. The third-order valence-corrected chi connectivity index (χ3v) is 2.38. The van der Waals surface area contributed by atoms with E-state index in [1.165, 1.54) is 4.90 Å². The molecule has 1 rings (SSSR count). The van der Waals surface area contributed by atoms with E-state index in [9.17, 15) is 0 Å². The molecule has 1 heterocycles. The Bertz CT molecular complexity index is 91.7. The van der Waals surface area contributed by atoms with Crippen molar-refractivity contribution in [2.45, 2.75) is 12.4 Å². The molecule has 0 aliphatic carbocycles. The molecule has 0 saturated carbocycles. The molecule has 0 spiro atoms. The van der Waals surface area contributed by atoms with Gasteiger partial charge in [0.2, 0.25) is 0 Å². The van der Waals surface area contributed by atoms with Crippen LogP contribution in [-0.2, 0) is 0 Å². The van der Waals surface area contributed by atoms with Crippen molar-refractivity contribution in [3.05, 3.63) is 0 Å². The summed E-state index contributed by atoms with van der Waals surface area (Å²) in [6, 6.07) is 0. The Hall–Kier alpha value is 0.940. The molecule has 0 radical (unpaired) electrons. The maximum absolute atomic E-state index is 5.96. The lowest BCUT2D eigenvalue weighted by molar-refractivity contribution is -0.882. The average Bonchev–Trinajstić information content (AvgIpc) is 2.13. The predicted molar refractivity (Wildman–Crippen MR) is 38.6 cm³/mol. The molecule has 1 fully saturated rings. The van der Waals surface area contributed by atoms with Gasteiger partial charge in [0.05, 0.1) is 13.6 Å². The lowest BCUT2D eigenvalue weighted by Crippen LogP contribution is -3.10. The minimum Gasteiger partial charge on any atom is -1.00 e. The number of nitrogens with zero attached hydrogens (tertiary/aromatic N) is 1. The topological polar surface area (TPSA) is 7.68 Å². The van der Waals surface area contributed by atoms with Crippen molar-refractivity contribution in [2.75, 3.05) is 26.8 Å².